The highest BCUT2D eigenvalue weighted by molar-refractivity contribution is 5.68. The maximum atomic E-state index is 10.3. The van der Waals surface area contributed by atoms with Crippen molar-refractivity contribution in [1.29, 1.82) is 0 Å². The van der Waals surface area contributed by atoms with Crippen LogP contribution >= 0.6 is 0 Å². The molecule has 1 N–H and O–H groups in total. The first-order chi connectivity index (χ1) is 9.08. The van der Waals surface area contributed by atoms with Crippen molar-refractivity contribution in [2.75, 3.05) is 6.61 Å². The molecule has 0 amide bonds. The molecule has 0 saturated heterocycles. The van der Waals surface area contributed by atoms with Gasteiger partial charge in [-0.1, -0.05) is 12.1 Å². The molecule has 0 unspecified atom stereocenters. The zero-order valence-electron chi connectivity index (χ0n) is 10.7. The van der Waals surface area contributed by atoms with Crippen molar-refractivity contribution in [3.63, 3.8) is 0 Å². The third kappa shape index (κ3) is 3.17. The van der Waals surface area contributed by atoms with Gasteiger partial charge >= 0.3 is 5.97 Å². The average Bonchev–Trinajstić information content (AvgIpc) is 2.81. The predicted molar refractivity (Wildman–Crippen MR) is 66.5 cm³/mol. The Morgan fingerprint density at radius 1 is 1.37 bits per heavy atom. The molecule has 0 spiro atoms. The van der Waals surface area contributed by atoms with E-state index >= 15 is 0 Å². The van der Waals surface area contributed by atoms with E-state index in [1.165, 1.54) is 0 Å². The fourth-order valence-electron chi connectivity index (χ4n) is 1.63. The van der Waals surface area contributed by atoms with Crippen molar-refractivity contribution in [1.82, 2.24) is 10.2 Å². The smallest absolute Gasteiger partial charge is 0.329 e. The number of nitrogens with zero attached hydrogens (tertiary/aromatic N) is 2. The molecule has 0 bridgehead atoms. The second kappa shape index (κ2) is 5.62. The standard InChI is InChI=1S/C13H14N2O4/c1-8-4-3-5-10(9(8)2)13-15-14-11(19-13)6-18-7-12(16)17/h3-5H,6-7H2,1-2H3,(H,16,17). The number of aryl methyl sites for hydroxylation is 1. The fourth-order valence-corrected chi connectivity index (χ4v) is 1.63. The van der Waals surface area contributed by atoms with Crippen molar-refractivity contribution in [3.05, 3.63) is 35.2 Å². The number of ether oxygens (including phenoxy) is 1. The van der Waals surface area contributed by atoms with Gasteiger partial charge in [-0.25, -0.2) is 4.79 Å². The lowest BCUT2D eigenvalue weighted by atomic mass is 10.0. The Balaban J connectivity index is 2.12. The molecular formula is C13H14N2O4. The van der Waals surface area contributed by atoms with Crippen LogP contribution in [0, 0.1) is 13.8 Å². The van der Waals surface area contributed by atoms with E-state index in [1.54, 1.807) is 0 Å². The van der Waals surface area contributed by atoms with Gasteiger partial charge in [0.05, 0.1) is 0 Å². The molecule has 19 heavy (non-hydrogen) atoms. The van der Waals surface area contributed by atoms with E-state index in [2.05, 4.69) is 10.2 Å². The zero-order chi connectivity index (χ0) is 13.8. The Hall–Kier alpha value is -2.21. The highest BCUT2D eigenvalue weighted by Crippen LogP contribution is 2.24. The highest BCUT2D eigenvalue weighted by Gasteiger charge is 2.12. The number of carbonyl (C=O) groups is 1. The maximum absolute atomic E-state index is 10.3. The van der Waals surface area contributed by atoms with Gasteiger partial charge in [-0.15, -0.1) is 10.2 Å². The minimum atomic E-state index is -1.03. The second-order valence-electron chi connectivity index (χ2n) is 4.13. The number of carboxylic acid groups (broad SMARTS) is 1. The normalized spacial score (nSPS) is 10.6. The molecule has 1 aromatic carbocycles. The van der Waals surface area contributed by atoms with Gasteiger partial charge in [0.25, 0.3) is 0 Å². The van der Waals surface area contributed by atoms with Gasteiger partial charge in [-0.2, -0.15) is 0 Å². The monoisotopic (exact) mass is 262 g/mol. The number of aliphatic carboxylic acids is 1. The molecular weight excluding hydrogens is 248 g/mol. The minimum absolute atomic E-state index is 0.00976. The Bertz CT molecular complexity index is 592. The lowest BCUT2D eigenvalue weighted by Crippen LogP contribution is -2.06. The van der Waals surface area contributed by atoms with Crippen molar-refractivity contribution in [2.24, 2.45) is 0 Å². The number of benzene rings is 1. The van der Waals surface area contributed by atoms with Crippen LogP contribution in [0.4, 0.5) is 0 Å². The topological polar surface area (TPSA) is 85.5 Å². The van der Waals surface area contributed by atoms with Gasteiger partial charge in [-0.05, 0) is 31.0 Å². The Labute approximate surface area is 110 Å². The predicted octanol–water partition coefficient (Wildman–Crippen LogP) is 1.95. The van der Waals surface area contributed by atoms with Crippen molar-refractivity contribution in [3.8, 4) is 11.5 Å². The third-order valence-electron chi connectivity index (χ3n) is 2.75. The van der Waals surface area contributed by atoms with Crippen LogP contribution < -0.4 is 0 Å². The molecule has 0 fully saturated rings. The van der Waals surface area contributed by atoms with E-state index < -0.39 is 5.97 Å². The van der Waals surface area contributed by atoms with Crippen LogP contribution in [0.15, 0.2) is 22.6 Å². The summed E-state index contributed by atoms with van der Waals surface area (Å²) in [5, 5.41) is 16.2. The molecule has 2 aromatic rings. The van der Waals surface area contributed by atoms with Crippen molar-refractivity contribution in [2.45, 2.75) is 20.5 Å². The summed E-state index contributed by atoms with van der Waals surface area (Å²) in [7, 11) is 0. The van der Waals surface area contributed by atoms with Crippen LogP contribution in [0.1, 0.15) is 17.0 Å². The van der Waals surface area contributed by atoms with Gasteiger partial charge in [0, 0.05) is 5.56 Å². The van der Waals surface area contributed by atoms with Crippen LogP contribution in [-0.2, 0) is 16.1 Å². The largest absolute Gasteiger partial charge is 0.480 e. The number of carboxylic acids is 1. The van der Waals surface area contributed by atoms with Gasteiger partial charge in [0.1, 0.15) is 13.2 Å². The second-order valence-corrected chi connectivity index (χ2v) is 4.13. The van der Waals surface area contributed by atoms with E-state index in [1.807, 2.05) is 32.0 Å². The molecule has 0 aliphatic carbocycles. The quantitative estimate of drug-likeness (QED) is 0.886. The van der Waals surface area contributed by atoms with E-state index in [9.17, 15) is 4.79 Å². The number of rotatable bonds is 5. The molecule has 0 radical (unpaired) electrons. The molecule has 2 rings (SSSR count). The Morgan fingerprint density at radius 2 is 2.16 bits per heavy atom. The first-order valence-corrected chi connectivity index (χ1v) is 5.76. The zero-order valence-corrected chi connectivity index (χ0v) is 10.7. The van der Waals surface area contributed by atoms with Crippen molar-refractivity contribution >= 4 is 5.97 Å². The first-order valence-electron chi connectivity index (χ1n) is 5.76. The number of hydrogen-bond donors (Lipinski definition) is 1. The molecule has 0 saturated carbocycles. The summed E-state index contributed by atoms with van der Waals surface area (Å²) in [5.41, 5.74) is 3.08. The van der Waals surface area contributed by atoms with Gasteiger partial charge in [0.2, 0.25) is 11.8 Å². The highest BCUT2D eigenvalue weighted by atomic mass is 16.5. The van der Waals surface area contributed by atoms with Gasteiger partial charge in [-0.3, -0.25) is 0 Å². The summed E-state index contributed by atoms with van der Waals surface area (Å²) < 4.78 is 10.3. The summed E-state index contributed by atoms with van der Waals surface area (Å²) in [4.78, 5) is 10.3. The molecule has 6 nitrogen and oxygen atoms in total. The summed E-state index contributed by atoms with van der Waals surface area (Å²) in [6, 6.07) is 5.83. The molecule has 0 aliphatic rings. The minimum Gasteiger partial charge on any atom is -0.480 e. The van der Waals surface area contributed by atoms with Crippen LogP contribution in [0.2, 0.25) is 0 Å². The van der Waals surface area contributed by atoms with Crippen LogP contribution in [-0.4, -0.2) is 27.9 Å². The molecule has 100 valence electrons. The molecule has 0 atom stereocenters. The van der Waals surface area contributed by atoms with Crippen LogP contribution in [0.5, 0.6) is 0 Å². The third-order valence-corrected chi connectivity index (χ3v) is 2.75. The number of hydrogen-bond acceptors (Lipinski definition) is 5. The summed E-state index contributed by atoms with van der Waals surface area (Å²) >= 11 is 0. The molecule has 0 aliphatic heterocycles. The van der Waals surface area contributed by atoms with Crippen LogP contribution in [0.25, 0.3) is 11.5 Å². The lowest BCUT2D eigenvalue weighted by Gasteiger charge is -2.03. The summed E-state index contributed by atoms with van der Waals surface area (Å²) in [6.45, 7) is 3.59. The summed E-state index contributed by atoms with van der Waals surface area (Å²) in [5.74, 6) is -0.360. The average molecular weight is 262 g/mol. The van der Waals surface area contributed by atoms with Gasteiger partial charge < -0.3 is 14.3 Å². The van der Waals surface area contributed by atoms with E-state index in [-0.39, 0.29) is 19.1 Å². The molecule has 6 heteroatoms. The lowest BCUT2D eigenvalue weighted by molar-refractivity contribution is -0.142. The Kier molecular flexibility index (Phi) is 3.91. The number of aromatic nitrogens is 2. The Morgan fingerprint density at radius 3 is 2.89 bits per heavy atom. The molecule has 1 aromatic heterocycles. The molecule has 1 heterocycles. The maximum Gasteiger partial charge on any atom is 0.329 e. The van der Waals surface area contributed by atoms with E-state index in [0.29, 0.717) is 5.89 Å². The van der Waals surface area contributed by atoms with E-state index in [0.717, 1.165) is 16.7 Å². The fraction of sp³-hybridized carbons (Fsp3) is 0.308. The van der Waals surface area contributed by atoms with Gasteiger partial charge in [0.15, 0.2) is 0 Å². The van der Waals surface area contributed by atoms with E-state index in [4.69, 9.17) is 14.3 Å². The SMILES string of the molecule is Cc1cccc(-c2nnc(COCC(=O)O)o2)c1C. The van der Waals surface area contributed by atoms with Crippen molar-refractivity contribution < 1.29 is 19.1 Å². The summed E-state index contributed by atoms with van der Waals surface area (Å²) in [6.07, 6.45) is 0. The first kappa shape index (κ1) is 13.2. The van der Waals surface area contributed by atoms with Crippen LogP contribution in [0.3, 0.4) is 0 Å².